The Labute approximate surface area is 168 Å². The van der Waals surface area contributed by atoms with Gasteiger partial charge in [-0.05, 0) is 49.2 Å². The molecule has 1 heterocycles. The average Bonchev–Trinajstić information content (AvgIpc) is 3.15. The highest BCUT2D eigenvalue weighted by molar-refractivity contribution is 7.89. The number of aryl methyl sites for hydroxylation is 2. The van der Waals surface area contributed by atoms with Gasteiger partial charge in [-0.15, -0.1) is 0 Å². The largest absolute Gasteiger partial charge is 0.454 e. The van der Waals surface area contributed by atoms with Gasteiger partial charge in [0.05, 0.1) is 4.90 Å². The zero-order valence-corrected chi connectivity index (χ0v) is 16.8. The molecule has 2 aromatic rings. The van der Waals surface area contributed by atoms with Crippen molar-refractivity contribution in [2.45, 2.75) is 25.2 Å². The normalized spacial score (nSPS) is 12.5. The molecule has 9 nitrogen and oxygen atoms in total. The van der Waals surface area contributed by atoms with Gasteiger partial charge >= 0.3 is 0 Å². The smallest absolute Gasteiger partial charge is 0.269 e. The number of nitrogens with one attached hydrogen (secondary N) is 3. The minimum absolute atomic E-state index is 0.0924. The lowest BCUT2D eigenvalue weighted by atomic mass is 10.2. The van der Waals surface area contributed by atoms with Gasteiger partial charge in [-0.1, -0.05) is 12.1 Å². The maximum atomic E-state index is 12.4. The number of ether oxygens (including phenoxy) is 2. The minimum atomic E-state index is -3.73. The Morgan fingerprint density at radius 3 is 2.55 bits per heavy atom. The van der Waals surface area contributed by atoms with Crippen molar-refractivity contribution >= 4 is 21.8 Å². The Hall–Kier alpha value is -3.11. The maximum Gasteiger partial charge on any atom is 0.269 e. The van der Waals surface area contributed by atoms with E-state index in [0.717, 1.165) is 5.56 Å². The molecule has 0 bridgehead atoms. The quantitative estimate of drug-likeness (QED) is 0.604. The topological polar surface area (TPSA) is 123 Å². The fraction of sp³-hybridized carbons (Fsp3) is 0.263. The Bertz CT molecular complexity index is 1050. The summed E-state index contributed by atoms with van der Waals surface area (Å²) in [6.07, 6.45) is -0.147. The van der Waals surface area contributed by atoms with Gasteiger partial charge in [0, 0.05) is 18.5 Å². The van der Waals surface area contributed by atoms with Crippen molar-refractivity contribution in [3.05, 3.63) is 53.1 Å². The van der Waals surface area contributed by atoms with E-state index in [0.29, 0.717) is 17.1 Å². The van der Waals surface area contributed by atoms with E-state index < -0.39 is 21.8 Å². The van der Waals surface area contributed by atoms with Crippen molar-refractivity contribution in [2.24, 2.45) is 0 Å². The van der Waals surface area contributed by atoms with Crippen molar-refractivity contribution in [1.82, 2.24) is 15.6 Å². The molecule has 0 aliphatic carbocycles. The van der Waals surface area contributed by atoms with E-state index in [1.54, 1.807) is 32.0 Å². The van der Waals surface area contributed by atoms with Crippen LogP contribution in [0.3, 0.4) is 0 Å². The monoisotopic (exact) mass is 419 g/mol. The average molecular weight is 419 g/mol. The fourth-order valence-electron chi connectivity index (χ4n) is 2.67. The first-order chi connectivity index (χ1) is 13.8. The van der Waals surface area contributed by atoms with Gasteiger partial charge in [0.15, 0.2) is 11.5 Å². The van der Waals surface area contributed by atoms with Crippen LogP contribution in [0.15, 0.2) is 41.3 Å². The van der Waals surface area contributed by atoms with Crippen molar-refractivity contribution in [3.63, 3.8) is 0 Å². The Kier molecular flexibility index (Phi) is 6.04. The van der Waals surface area contributed by atoms with E-state index in [1.165, 1.54) is 12.1 Å². The molecule has 0 aromatic heterocycles. The molecule has 3 rings (SSSR count). The zero-order chi connectivity index (χ0) is 21.0. The number of hydrogen-bond acceptors (Lipinski definition) is 6. The summed E-state index contributed by atoms with van der Waals surface area (Å²) in [6.45, 7) is 3.48. The van der Waals surface area contributed by atoms with E-state index in [-0.39, 0.29) is 30.2 Å². The molecule has 2 amide bonds. The molecule has 0 unspecified atom stereocenters. The highest BCUT2D eigenvalue weighted by atomic mass is 32.2. The summed E-state index contributed by atoms with van der Waals surface area (Å²) in [4.78, 5) is 24.2. The number of fused-ring (bicyclic) bond motifs is 1. The van der Waals surface area contributed by atoms with E-state index in [4.69, 9.17) is 9.47 Å². The number of rotatable bonds is 6. The summed E-state index contributed by atoms with van der Waals surface area (Å²) >= 11 is 0. The Morgan fingerprint density at radius 1 is 1.00 bits per heavy atom. The standard InChI is InChI=1S/C19H21N3O6S/c1-12-3-4-13(2)17(9-12)29(25,26)20-8-7-18(23)21-22-19(24)14-5-6-15-16(10-14)28-11-27-15/h3-6,9-10,20H,7-8,11H2,1-2H3,(H,21,23)(H,22,24). The molecule has 0 spiro atoms. The van der Waals surface area contributed by atoms with Crippen LogP contribution in [0.4, 0.5) is 0 Å². The number of hydrogen-bond donors (Lipinski definition) is 3. The molecular formula is C19H21N3O6S. The van der Waals surface area contributed by atoms with Gasteiger partial charge in [-0.25, -0.2) is 13.1 Å². The van der Waals surface area contributed by atoms with Crippen molar-refractivity contribution in [1.29, 1.82) is 0 Å². The first-order valence-electron chi connectivity index (χ1n) is 8.82. The molecule has 3 N–H and O–H groups in total. The number of benzene rings is 2. The van der Waals surface area contributed by atoms with E-state index in [1.807, 2.05) is 6.07 Å². The summed E-state index contributed by atoms with van der Waals surface area (Å²) in [7, 11) is -3.73. The molecule has 154 valence electrons. The molecule has 29 heavy (non-hydrogen) atoms. The third kappa shape index (κ3) is 5.04. The number of carbonyl (C=O) groups excluding carboxylic acids is 2. The second-order valence-corrected chi connectivity index (χ2v) is 8.22. The molecule has 1 aliphatic heterocycles. The van der Waals surface area contributed by atoms with E-state index >= 15 is 0 Å². The first-order valence-corrected chi connectivity index (χ1v) is 10.3. The molecule has 0 fully saturated rings. The van der Waals surface area contributed by atoms with Crippen molar-refractivity contribution < 1.29 is 27.5 Å². The van der Waals surface area contributed by atoms with Crippen molar-refractivity contribution in [2.75, 3.05) is 13.3 Å². The molecule has 1 aliphatic rings. The SMILES string of the molecule is Cc1ccc(C)c(S(=O)(=O)NCCC(=O)NNC(=O)c2ccc3c(c2)OCO3)c1. The second kappa shape index (κ2) is 8.50. The van der Waals surface area contributed by atoms with Gasteiger partial charge < -0.3 is 9.47 Å². The molecule has 0 radical (unpaired) electrons. The summed E-state index contributed by atoms with van der Waals surface area (Å²) in [5.41, 5.74) is 6.24. The molecule has 0 saturated heterocycles. The summed E-state index contributed by atoms with van der Waals surface area (Å²) in [5, 5.41) is 0. The lowest BCUT2D eigenvalue weighted by molar-refractivity contribution is -0.121. The van der Waals surface area contributed by atoms with Crippen LogP contribution < -0.4 is 25.0 Å². The van der Waals surface area contributed by atoms with Gasteiger partial charge in [0.1, 0.15) is 0 Å². The lowest BCUT2D eigenvalue weighted by Gasteiger charge is -2.11. The number of hydrazine groups is 1. The van der Waals surface area contributed by atoms with Crippen LogP contribution in [0.25, 0.3) is 0 Å². The summed E-state index contributed by atoms with van der Waals surface area (Å²) in [6, 6.07) is 9.76. The van der Waals surface area contributed by atoms with E-state index in [2.05, 4.69) is 15.6 Å². The van der Waals surface area contributed by atoms with Crippen LogP contribution in [-0.4, -0.2) is 33.6 Å². The van der Waals surface area contributed by atoms with Crippen LogP contribution in [0.2, 0.25) is 0 Å². The predicted octanol–water partition coefficient (Wildman–Crippen LogP) is 1.16. The molecular weight excluding hydrogens is 398 g/mol. The number of carbonyl (C=O) groups is 2. The van der Waals surface area contributed by atoms with Crippen LogP contribution in [0.1, 0.15) is 27.9 Å². The summed E-state index contributed by atoms with van der Waals surface area (Å²) in [5.74, 6) is -0.0816. The predicted molar refractivity (Wildman–Crippen MR) is 104 cm³/mol. The Morgan fingerprint density at radius 2 is 1.76 bits per heavy atom. The van der Waals surface area contributed by atoms with E-state index in [9.17, 15) is 18.0 Å². The van der Waals surface area contributed by atoms with Crippen LogP contribution in [0.5, 0.6) is 11.5 Å². The molecule has 2 aromatic carbocycles. The van der Waals surface area contributed by atoms with Crippen molar-refractivity contribution in [3.8, 4) is 11.5 Å². The highest BCUT2D eigenvalue weighted by Gasteiger charge is 2.18. The van der Waals surface area contributed by atoms with Gasteiger partial charge in [0.25, 0.3) is 5.91 Å². The maximum absolute atomic E-state index is 12.4. The van der Waals surface area contributed by atoms with Crippen LogP contribution >= 0.6 is 0 Å². The van der Waals surface area contributed by atoms with Gasteiger partial charge in [0.2, 0.25) is 22.7 Å². The zero-order valence-electron chi connectivity index (χ0n) is 15.9. The first kappa shape index (κ1) is 20.6. The summed E-state index contributed by atoms with van der Waals surface area (Å²) < 4.78 is 37.5. The van der Waals surface area contributed by atoms with Crippen LogP contribution in [0, 0.1) is 13.8 Å². The number of sulfonamides is 1. The van der Waals surface area contributed by atoms with Gasteiger partial charge in [-0.3, -0.25) is 20.4 Å². The second-order valence-electron chi connectivity index (χ2n) is 6.49. The van der Waals surface area contributed by atoms with Gasteiger partial charge in [-0.2, -0.15) is 0 Å². The third-order valence-electron chi connectivity index (χ3n) is 4.23. The lowest BCUT2D eigenvalue weighted by Crippen LogP contribution is -2.42. The molecule has 0 saturated carbocycles. The molecule has 10 heteroatoms. The van der Waals surface area contributed by atoms with Crippen LogP contribution in [-0.2, 0) is 14.8 Å². The highest BCUT2D eigenvalue weighted by Crippen LogP contribution is 2.32. The number of amides is 2. The third-order valence-corrected chi connectivity index (χ3v) is 5.83. The Balaban J connectivity index is 1.47. The molecule has 0 atom stereocenters. The fourth-order valence-corrected chi connectivity index (χ4v) is 4.03. The minimum Gasteiger partial charge on any atom is -0.454 e.